The largest absolute Gasteiger partial charge is 0.494 e. The van der Waals surface area contributed by atoms with Gasteiger partial charge >= 0.3 is 0 Å². The molecule has 0 bridgehead atoms. The molecule has 1 aliphatic rings. The van der Waals surface area contributed by atoms with Crippen LogP contribution >= 0.6 is 11.8 Å². The lowest BCUT2D eigenvalue weighted by Gasteiger charge is -2.11. The summed E-state index contributed by atoms with van der Waals surface area (Å²) in [6.45, 7) is 3.94. The molecular formula is C16H20N4O5S. The molecular weight excluding hydrogens is 360 g/mol. The molecule has 0 aromatic heterocycles. The number of benzene rings is 1. The smallest absolute Gasteiger partial charge is 0.273 e. The molecule has 1 heterocycles. The lowest BCUT2D eigenvalue weighted by molar-refractivity contribution is -0.384. The van der Waals surface area contributed by atoms with E-state index < -0.39 is 16.1 Å². The van der Waals surface area contributed by atoms with Crippen LogP contribution in [0.4, 0.5) is 11.4 Å². The van der Waals surface area contributed by atoms with Crippen LogP contribution in [0.25, 0.3) is 0 Å². The number of thioether (sulfide) groups is 1. The second-order valence-electron chi connectivity index (χ2n) is 5.68. The molecule has 26 heavy (non-hydrogen) atoms. The number of nitro groups is 1. The molecule has 1 aromatic carbocycles. The normalized spacial score (nSPS) is 19.1. The number of aliphatic imine (C=N–C) groups is 1. The van der Waals surface area contributed by atoms with Crippen LogP contribution in [-0.4, -0.2) is 40.3 Å². The zero-order chi connectivity index (χ0) is 19.3. The Morgan fingerprint density at radius 3 is 2.88 bits per heavy atom. The molecule has 2 atom stereocenters. The van der Waals surface area contributed by atoms with Crippen LogP contribution in [0.1, 0.15) is 26.7 Å². The average Bonchev–Trinajstić information content (AvgIpc) is 2.93. The van der Waals surface area contributed by atoms with Crippen LogP contribution in [0, 0.1) is 10.1 Å². The maximum Gasteiger partial charge on any atom is 0.273 e. The molecule has 2 amide bonds. The van der Waals surface area contributed by atoms with E-state index in [9.17, 15) is 19.7 Å². The monoisotopic (exact) mass is 380 g/mol. The lowest BCUT2D eigenvalue weighted by Crippen LogP contribution is -2.28. The Labute approximate surface area is 154 Å². The van der Waals surface area contributed by atoms with E-state index in [2.05, 4.69) is 15.6 Å². The summed E-state index contributed by atoms with van der Waals surface area (Å²) >= 11 is 1.23. The third kappa shape index (κ3) is 4.94. The molecule has 1 aliphatic heterocycles. The molecule has 9 nitrogen and oxygen atoms in total. The number of nitro benzene ring substituents is 1. The molecule has 0 radical (unpaired) electrons. The van der Waals surface area contributed by atoms with Gasteiger partial charge in [0, 0.05) is 18.5 Å². The zero-order valence-corrected chi connectivity index (χ0v) is 15.5. The van der Waals surface area contributed by atoms with Gasteiger partial charge in [0.25, 0.3) is 5.69 Å². The van der Waals surface area contributed by atoms with Crippen LogP contribution < -0.4 is 15.4 Å². The van der Waals surface area contributed by atoms with Crippen LogP contribution in [-0.2, 0) is 9.59 Å². The van der Waals surface area contributed by atoms with E-state index >= 15 is 0 Å². The molecule has 140 valence electrons. The van der Waals surface area contributed by atoms with Crippen molar-refractivity contribution < 1.29 is 19.2 Å². The summed E-state index contributed by atoms with van der Waals surface area (Å²) in [7, 11) is 1.35. The predicted molar refractivity (Wildman–Crippen MR) is 99.6 cm³/mol. The standard InChI is InChI=1S/C16H20N4O5S/c1-4-9(2)17-16-19-15(22)13(26-16)8-14(21)18-11-6-5-10(20(23)24)7-12(11)25-3/h5-7,9,13H,4,8H2,1-3H3,(H,18,21)(H,17,19,22)/t9-,13+/m0/s1. The van der Waals surface area contributed by atoms with Crippen molar-refractivity contribution in [3.8, 4) is 5.75 Å². The highest BCUT2D eigenvalue weighted by molar-refractivity contribution is 8.15. The van der Waals surface area contributed by atoms with E-state index in [1.165, 1.54) is 37.1 Å². The minimum atomic E-state index is -0.568. The number of methoxy groups -OCH3 is 1. The summed E-state index contributed by atoms with van der Waals surface area (Å²) in [5.41, 5.74) is 0.163. The third-order valence-electron chi connectivity index (χ3n) is 3.75. The molecule has 1 aromatic rings. The van der Waals surface area contributed by atoms with E-state index in [4.69, 9.17) is 4.74 Å². The number of amides is 2. The number of rotatable bonds is 7. The SMILES string of the molecule is CC[C@H](C)N=C1NC(=O)[C@@H](CC(=O)Nc2ccc([N+](=O)[O-])cc2OC)S1. The molecule has 2 N–H and O–H groups in total. The van der Waals surface area contributed by atoms with Crippen molar-refractivity contribution in [2.24, 2.45) is 4.99 Å². The second-order valence-corrected chi connectivity index (χ2v) is 6.87. The highest BCUT2D eigenvalue weighted by Crippen LogP contribution is 2.30. The molecule has 0 saturated carbocycles. The Balaban J connectivity index is 2.02. The first-order valence-electron chi connectivity index (χ1n) is 8.01. The van der Waals surface area contributed by atoms with E-state index in [0.29, 0.717) is 10.9 Å². The lowest BCUT2D eigenvalue weighted by atomic mass is 10.2. The Bertz CT molecular complexity index is 752. The quantitative estimate of drug-likeness (QED) is 0.553. The maximum absolute atomic E-state index is 12.3. The summed E-state index contributed by atoms with van der Waals surface area (Å²) in [6, 6.07) is 3.98. The van der Waals surface area contributed by atoms with Gasteiger partial charge in [0.1, 0.15) is 11.0 Å². The predicted octanol–water partition coefficient (Wildman–Crippen LogP) is 2.32. The summed E-state index contributed by atoms with van der Waals surface area (Å²) in [5, 5.41) is 16.1. The van der Waals surface area contributed by atoms with Gasteiger partial charge in [0.15, 0.2) is 5.17 Å². The number of nitrogens with zero attached hydrogens (tertiary/aromatic N) is 2. The van der Waals surface area contributed by atoms with Crippen molar-refractivity contribution in [1.82, 2.24) is 5.32 Å². The highest BCUT2D eigenvalue weighted by atomic mass is 32.2. The Hall–Kier alpha value is -2.62. The van der Waals surface area contributed by atoms with Gasteiger partial charge < -0.3 is 15.4 Å². The number of hydrogen-bond acceptors (Lipinski definition) is 7. The fourth-order valence-corrected chi connectivity index (χ4v) is 3.23. The van der Waals surface area contributed by atoms with Gasteiger partial charge in [-0.3, -0.25) is 24.7 Å². The van der Waals surface area contributed by atoms with Crippen molar-refractivity contribution in [1.29, 1.82) is 0 Å². The Morgan fingerprint density at radius 1 is 1.54 bits per heavy atom. The van der Waals surface area contributed by atoms with Gasteiger partial charge in [-0.25, -0.2) is 0 Å². The number of non-ortho nitro benzene ring substituents is 1. The van der Waals surface area contributed by atoms with Gasteiger partial charge in [-0.2, -0.15) is 0 Å². The first-order chi connectivity index (χ1) is 12.3. The van der Waals surface area contributed by atoms with Crippen molar-refractivity contribution in [3.63, 3.8) is 0 Å². The van der Waals surface area contributed by atoms with Crippen LogP contribution in [0.5, 0.6) is 5.75 Å². The number of amidine groups is 1. The minimum absolute atomic E-state index is 0.0455. The van der Waals surface area contributed by atoms with Crippen LogP contribution in [0.15, 0.2) is 23.2 Å². The number of anilines is 1. The van der Waals surface area contributed by atoms with Gasteiger partial charge in [-0.15, -0.1) is 0 Å². The molecule has 0 unspecified atom stereocenters. The van der Waals surface area contributed by atoms with Crippen molar-refractivity contribution in [2.45, 2.75) is 38.0 Å². The average molecular weight is 380 g/mol. The fraction of sp³-hybridized carbons (Fsp3) is 0.438. The summed E-state index contributed by atoms with van der Waals surface area (Å²) < 4.78 is 5.08. The van der Waals surface area contributed by atoms with Crippen LogP contribution in [0.2, 0.25) is 0 Å². The second kappa shape index (κ2) is 8.65. The summed E-state index contributed by atoms with van der Waals surface area (Å²) in [5.74, 6) is -0.479. The molecule has 1 saturated heterocycles. The van der Waals surface area contributed by atoms with E-state index in [-0.39, 0.29) is 29.8 Å². The number of hydrogen-bond donors (Lipinski definition) is 2. The highest BCUT2D eigenvalue weighted by Gasteiger charge is 2.32. The topological polar surface area (TPSA) is 123 Å². The van der Waals surface area contributed by atoms with E-state index in [1.807, 2.05) is 13.8 Å². The first-order valence-corrected chi connectivity index (χ1v) is 8.89. The van der Waals surface area contributed by atoms with E-state index in [1.54, 1.807) is 0 Å². The summed E-state index contributed by atoms with van der Waals surface area (Å²) in [4.78, 5) is 38.9. The van der Waals surface area contributed by atoms with Crippen LogP contribution in [0.3, 0.4) is 0 Å². The number of carbonyl (C=O) groups excluding carboxylic acids is 2. The van der Waals surface area contributed by atoms with Gasteiger partial charge in [0.05, 0.1) is 23.8 Å². The van der Waals surface area contributed by atoms with Gasteiger partial charge in [-0.1, -0.05) is 18.7 Å². The Morgan fingerprint density at radius 2 is 2.27 bits per heavy atom. The number of carbonyl (C=O) groups is 2. The number of ether oxygens (including phenoxy) is 1. The molecule has 10 heteroatoms. The Kier molecular flexibility index (Phi) is 6.56. The van der Waals surface area contributed by atoms with Crippen molar-refractivity contribution >= 4 is 40.1 Å². The summed E-state index contributed by atoms with van der Waals surface area (Å²) in [6.07, 6.45) is 0.807. The minimum Gasteiger partial charge on any atom is -0.494 e. The number of nitrogens with one attached hydrogen (secondary N) is 2. The van der Waals surface area contributed by atoms with E-state index in [0.717, 1.165) is 6.42 Å². The zero-order valence-electron chi connectivity index (χ0n) is 14.6. The third-order valence-corrected chi connectivity index (χ3v) is 4.84. The van der Waals surface area contributed by atoms with Gasteiger partial charge in [-0.05, 0) is 19.4 Å². The van der Waals surface area contributed by atoms with Crippen molar-refractivity contribution in [2.75, 3.05) is 12.4 Å². The first kappa shape index (κ1) is 19.7. The molecule has 0 spiro atoms. The van der Waals surface area contributed by atoms with Gasteiger partial charge in [0.2, 0.25) is 11.8 Å². The fourth-order valence-electron chi connectivity index (χ4n) is 2.16. The molecule has 0 aliphatic carbocycles. The molecule has 1 fully saturated rings. The molecule has 2 rings (SSSR count). The maximum atomic E-state index is 12.3. The van der Waals surface area contributed by atoms with Crippen molar-refractivity contribution in [3.05, 3.63) is 28.3 Å².